The highest BCUT2D eigenvalue weighted by Crippen LogP contribution is 2.43. The monoisotopic (exact) mass is 840 g/mol. The zero-order valence-electron chi connectivity index (χ0n) is 36.3. The molecule has 12 rings (SSSR count). The molecular weight excluding hydrogens is 797 g/mol. The number of rotatable bonds is 9. The molecule has 66 heavy (non-hydrogen) atoms. The van der Waals surface area contributed by atoms with Gasteiger partial charge in [-0.25, -0.2) is 0 Å². The van der Waals surface area contributed by atoms with Crippen molar-refractivity contribution in [3.8, 4) is 61.3 Å². The second kappa shape index (κ2) is 16.8. The fourth-order valence-electron chi connectivity index (χ4n) is 9.82. The van der Waals surface area contributed by atoms with Gasteiger partial charge in [-0.15, -0.1) is 0 Å². The molecule has 0 radical (unpaired) electrons. The predicted octanol–water partition coefficient (Wildman–Crippen LogP) is 17.7. The molecule has 2 nitrogen and oxygen atoms in total. The van der Waals surface area contributed by atoms with E-state index in [1.165, 1.54) is 82.8 Å². The molecule has 1 heterocycles. The Hall–Kier alpha value is -8.72. The second-order valence-corrected chi connectivity index (χ2v) is 16.9. The Kier molecular flexibility index (Phi) is 9.89. The van der Waals surface area contributed by atoms with Crippen LogP contribution in [0.3, 0.4) is 0 Å². The van der Waals surface area contributed by atoms with Crippen molar-refractivity contribution in [2.75, 3.05) is 4.90 Å². The number of para-hydroxylation sites is 4. The maximum Gasteiger partial charge on any atom is 0.0541 e. The summed E-state index contributed by atoms with van der Waals surface area (Å²) in [6.45, 7) is 0. The molecule has 0 bridgehead atoms. The van der Waals surface area contributed by atoms with E-state index in [9.17, 15) is 0 Å². The highest BCUT2D eigenvalue weighted by atomic mass is 15.1. The van der Waals surface area contributed by atoms with E-state index in [0.717, 1.165) is 28.2 Å². The molecule has 0 aliphatic rings. The molecule has 0 amide bonds. The number of anilines is 3. The molecule has 2 heteroatoms. The molecular formula is C64H44N2. The normalized spacial score (nSPS) is 11.3. The van der Waals surface area contributed by atoms with Crippen LogP contribution in [-0.4, -0.2) is 4.57 Å². The molecule has 0 aliphatic carbocycles. The maximum absolute atomic E-state index is 2.41. The second-order valence-electron chi connectivity index (χ2n) is 16.9. The summed E-state index contributed by atoms with van der Waals surface area (Å²) in [5.41, 5.74) is 18.8. The van der Waals surface area contributed by atoms with Gasteiger partial charge in [0.15, 0.2) is 0 Å². The van der Waals surface area contributed by atoms with Crippen LogP contribution in [0.2, 0.25) is 0 Å². The molecule has 0 unspecified atom stereocenters. The summed E-state index contributed by atoms with van der Waals surface area (Å²) in [6.07, 6.45) is 0. The van der Waals surface area contributed by atoms with Gasteiger partial charge in [-0.05, 0) is 104 Å². The van der Waals surface area contributed by atoms with E-state index in [4.69, 9.17) is 0 Å². The van der Waals surface area contributed by atoms with Gasteiger partial charge in [0.2, 0.25) is 0 Å². The van der Waals surface area contributed by atoms with Crippen LogP contribution in [0.5, 0.6) is 0 Å². The lowest BCUT2D eigenvalue weighted by molar-refractivity contribution is 1.18. The van der Waals surface area contributed by atoms with Crippen molar-refractivity contribution in [1.82, 2.24) is 4.57 Å². The standard InChI is InChI=1S/C64H44N2/c1-2-15-45(16-3-1)46-29-33-51(34-30-46)57-20-6-10-25-61(57)65(54-43-39-50(40-44-54)56-24-14-18-49-17-4-5-19-55(49)56)53-41-37-48(38-42-53)47-31-35-52(36-32-47)58-21-7-11-26-62(58)66-63-27-12-8-22-59(63)60-23-9-13-28-64(60)66/h1-44H. The zero-order chi connectivity index (χ0) is 43.8. The summed E-state index contributed by atoms with van der Waals surface area (Å²) in [6, 6.07) is 96.8. The Morgan fingerprint density at radius 2 is 0.636 bits per heavy atom. The summed E-state index contributed by atoms with van der Waals surface area (Å²) >= 11 is 0. The first-order chi connectivity index (χ1) is 32.7. The third-order valence-corrected chi connectivity index (χ3v) is 13.1. The largest absolute Gasteiger partial charge is 0.310 e. The maximum atomic E-state index is 2.41. The van der Waals surface area contributed by atoms with E-state index in [0.29, 0.717) is 0 Å². The first-order valence-corrected chi connectivity index (χ1v) is 22.7. The Balaban J connectivity index is 0.908. The van der Waals surface area contributed by atoms with Crippen LogP contribution in [0, 0.1) is 0 Å². The number of hydrogen-bond donors (Lipinski definition) is 0. The molecule has 12 aromatic rings. The van der Waals surface area contributed by atoms with Crippen molar-refractivity contribution in [2.24, 2.45) is 0 Å². The average Bonchev–Trinajstić information content (AvgIpc) is 3.74. The highest BCUT2D eigenvalue weighted by molar-refractivity contribution is 6.09. The molecule has 11 aromatic carbocycles. The lowest BCUT2D eigenvalue weighted by Gasteiger charge is -2.28. The van der Waals surface area contributed by atoms with Crippen LogP contribution in [-0.2, 0) is 0 Å². The Morgan fingerprint density at radius 1 is 0.242 bits per heavy atom. The van der Waals surface area contributed by atoms with Gasteiger partial charge < -0.3 is 9.47 Å². The fourth-order valence-corrected chi connectivity index (χ4v) is 9.82. The SMILES string of the molecule is c1ccc(-c2ccc(-c3ccccc3N(c3ccc(-c4ccc(-c5ccccc5-n5c6ccccc6c6ccccc65)cc4)cc3)c3ccc(-c4cccc5ccccc45)cc3)cc2)cc1. The fraction of sp³-hybridized carbons (Fsp3) is 0. The van der Waals surface area contributed by atoms with Crippen molar-refractivity contribution >= 4 is 49.6 Å². The lowest BCUT2D eigenvalue weighted by atomic mass is 9.96. The van der Waals surface area contributed by atoms with Crippen LogP contribution >= 0.6 is 0 Å². The zero-order valence-corrected chi connectivity index (χ0v) is 36.3. The van der Waals surface area contributed by atoms with Gasteiger partial charge >= 0.3 is 0 Å². The van der Waals surface area contributed by atoms with Gasteiger partial charge in [-0.1, -0.05) is 218 Å². The Morgan fingerprint density at radius 3 is 1.27 bits per heavy atom. The number of fused-ring (bicyclic) bond motifs is 4. The third kappa shape index (κ3) is 7.02. The molecule has 1 aromatic heterocycles. The van der Waals surface area contributed by atoms with Crippen molar-refractivity contribution in [2.45, 2.75) is 0 Å². The molecule has 0 N–H and O–H groups in total. The minimum atomic E-state index is 1.08. The van der Waals surface area contributed by atoms with E-state index in [2.05, 4.69) is 276 Å². The van der Waals surface area contributed by atoms with Crippen molar-refractivity contribution < 1.29 is 0 Å². The van der Waals surface area contributed by atoms with Crippen LogP contribution in [0.25, 0.3) is 93.9 Å². The number of benzene rings is 11. The number of hydrogen-bond acceptors (Lipinski definition) is 1. The minimum absolute atomic E-state index is 1.08. The summed E-state index contributed by atoms with van der Waals surface area (Å²) in [7, 11) is 0. The van der Waals surface area contributed by atoms with Crippen molar-refractivity contribution in [3.63, 3.8) is 0 Å². The van der Waals surface area contributed by atoms with Gasteiger partial charge in [-0.3, -0.25) is 0 Å². The summed E-state index contributed by atoms with van der Waals surface area (Å²) in [5, 5.41) is 5.02. The molecule has 310 valence electrons. The molecule has 0 saturated carbocycles. The summed E-state index contributed by atoms with van der Waals surface area (Å²) < 4.78 is 2.41. The summed E-state index contributed by atoms with van der Waals surface area (Å²) in [4.78, 5) is 2.39. The van der Waals surface area contributed by atoms with Gasteiger partial charge in [0.25, 0.3) is 0 Å². The minimum Gasteiger partial charge on any atom is -0.310 e. The molecule has 0 saturated heterocycles. The quantitative estimate of drug-likeness (QED) is 0.141. The summed E-state index contributed by atoms with van der Waals surface area (Å²) in [5.74, 6) is 0. The van der Waals surface area contributed by atoms with Gasteiger partial charge in [0.05, 0.1) is 22.4 Å². The smallest absolute Gasteiger partial charge is 0.0541 e. The van der Waals surface area contributed by atoms with Crippen molar-refractivity contribution in [3.05, 3.63) is 267 Å². The van der Waals surface area contributed by atoms with Gasteiger partial charge in [0.1, 0.15) is 0 Å². The van der Waals surface area contributed by atoms with E-state index in [-0.39, 0.29) is 0 Å². The lowest BCUT2D eigenvalue weighted by Crippen LogP contribution is -2.11. The first-order valence-electron chi connectivity index (χ1n) is 22.7. The first kappa shape index (κ1) is 38.9. The predicted molar refractivity (Wildman–Crippen MR) is 280 cm³/mol. The Labute approximate surface area is 385 Å². The third-order valence-electron chi connectivity index (χ3n) is 13.1. The van der Waals surface area contributed by atoms with Crippen LogP contribution in [0.15, 0.2) is 267 Å². The molecule has 0 atom stereocenters. The van der Waals surface area contributed by atoms with Gasteiger partial charge in [-0.2, -0.15) is 0 Å². The van der Waals surface area contributed by atoms with E-state index >= 15 is 0 Å². The molecule has 0 aliphatic heterocycles. The van der Waals surface area contributed by atoms with E-state index < -0.39 is 0 Å². The van der Waals surface area contributed by atoms with Crippen LogP contribution in [0.4, 0.5) is 17.1 Å². The van der Waals surface area contributed by atoms with Crippen LogP contribution in [0.1, 0.15) is 0 Å². The van der Waals surface area contributed by atoms with E-state index in [1.54, 1.807) is 0 Å². The van der Waals surface area contributed by atoms with Crippen molar-refractivity contribution in [1.29, 1.82) is 0 Å². The highest BCUT2D eigenvalue weighted by Gasteiger charge is 2.19. The Bertz CT molecular complexity index is 3600. The van der Waals surface area contributed by atoms with E-state index in [1.807, 2.05) is 0 Å². The number of nitrogens with zero attached hydrogens (tertiary/aromatic N) is 2. The van der Waals surface area contributed by atoms with Gasteiger partial charge in [0, 0.05) is 33.3 Å². The molecule has 0 fully saturated rings. The molecule has 0 spiro atoms. The average molecular weight is 841 g/mol. The number of aromatic nitrogens is 1. The van der Waals surface area contributed by atoms with Crippen LogP contribution < -0.4 is 4.90 Å². The topological polar surface area (TPSA) is 8.17 Å².